The number of hydrogen-bond acceptors (Lipinski definition) is 3. The minimum atomic E-state index is -0.118. The molecule has 0 unspecified atom stereocenters. The van der Waals surface area contributed by atoms with Crippen molar-refractivity contribution < 1.29 is 9.53 Å². The van der Waals surface area contributed by atoms with E-state index in [2.05, 4.69) is 21.8 Å². The third-order valence-corrected chi connectivity index (χ3v) is 4.22. The molecule has 0 bridgehead atoms. The Labute approximate surface area is 147 Å². The van der Waals surface area contributed by atoms with Crippen molar-refractivity contribution in [1.82, 2.24) is 14.9 Å². The Morgan fingerprint density at radius 1 is 1.16 bits per heavy atom. The zero-order valence-corrected chi connectivity index (χ0v) is 14.7. The zero-order chi connectivity index (χ0) is 17.6. The van der Waals surface area contributed by atoms with Crippen LogP contribution in [0.1, 0.15) is 18.3 Å². The summed E-state index contributed by atoms with van der Waals surface area (Å²) in [5.74, 6) is 1.60. The Hall–Kier alpha value is -2.82. The molecular formula is C20H23N3O2. The highest BCUT2D eigenvalue weighted by molar-refractivity contribution is 5.78. The van der Waals surface area contributed by atoms with Gasteiger partial charge in [0.05, 0.1) is 11.0 Å². The van der Waals surface area contributed by atoms with E-state index in [1.165, 1.54) is 0 Å². The molecule has 2 aromatic carbocycles. The maximum Gasteiger partial charge on any atom is 0.258 e. The van der Waals surface area contributed by atoms with Crippen molar-refractivity contribution in [1.29, 1.82) is 0 Å². The maximum absolute atomic E-state index is 12.0. The average Bonchev–Trinajstić information content (AvgIpc) is 2.96. The highest BCUT2D eigenvalue weighted by Gasteiger charge is 2.08. The summed E-state index contributed by atoms with van der Waals surface area (Å²) in [6.07, 6.45) is 0.880. The lowest BCUT2D eigenvalue weighted by Crippen LogP contribution is -2.31. The Morgan fingerprint density at radius 3 is 2.76 bits per heavy atom. The van der Waals surface area contributed by atoms with E-state index in [-0.39, 0.29) is 12.5 Å². The molecule has 1 amide bonds. The van der Waals surface area contributed by atoms with Gasteiger partial charge >= 0.3 is 0 Å². The number of para-hydroxylation sites is 3. The molecule has 0 saturated carbocycles. The van der Waals surface area contributed by atoms with Gasteiger partial charge in [0.1, 0.15) is 11.6 Å². The molecule has 5 nitrogen and oxygen atoms in total. The number of fused-ring (bicyclic) bond motifs is 1. The van der Waals surface area contributed by atoms with Gasteiger partial charge in [-0.2, -0.15) is 0 Å². The predicted molar refractivity (Wildman–Crippen MR) is 98.8 cm³/mol. The van der Waals surface area contributed by atoms with Crippen LogP contribution in [-0.4, -0.2) is 28.6 Å². The van der Waals surface area contributed by atoms with Crippen LogP contribution in [0, 0.1) is 6.92 Å². The van der Waals surface area contributed by atoms with Gasteiger partial charge in [0.2, 0.25) is 0 Å². The maximum atomic E-state index is 12.0. The van der Waals surface area contributed by atoms with Crippen molar-refractivity contribution in [3.63, 3.8) is 0 Å². The van der Waals surface area contributed by atoms with E-state index in [1.807, 2.05) is 55.5 Å². The number of rotatable bonds is 7. The van der Waals surface area contributed by atoms with Crippen molar-refractivity contribution >= 4 is 16.9 Å². The second kappa shape index (κ2) is 7.83. The summed E-state index contributed by atoms with van der Waals surface area (Å²) >= 11 is 0. The molecule has 0 aliphatic heterocycles. The molecule has 3 rings (SSSR count). The SMILES string of the molecule is CCc1ccccc1OCC(=O)NCCn1c(C)nc2ccccc21. The van der Waals surface area contributed by atoms with Crippen LogP contribution in [0.4, 0.5) is 0 Å². The van der Waals surface area contributed by atoms with E-state index in [1.54, 1.807) is 0 Å². The number of amides is 1. The van der Waals surface area contributed by atoms with Crippen LogP contribution in [0.5, 0.6) is 5.75 Å². The molecular weight excluding hydrogens is 314 g/mol. The summed E-state index contributed by atoms with van der Waals surface area (Å²) in [5, 5.41) is 2.91. The second-order valence-electron chi connectivity index (χ2n) is 5.90. The van der Waals surface area contributed by atoms with Crippen molar-refractivity contribution in [2.45, 2.75) is 26.8 Å². The number of ether oxygens (including phenoxy) is 1. The first-order valence-electron chi connectivity index (χ1n) is 8.58. The summed E-state index contributed by atoms with van der Waals surface area (Å²) < 4.78 is 7.75. The monoisotopic (exact) mass is 337 g/mol. The molecule has 1 heterocycles. The fourth-order valence-electron chi connectivity index (χ4n) is 2.92. The number of benzene rings is 2. The molecule has 1 N–H and O–H groups in total. The lowest BCUT2D eigenvalue weighted by Gasteiger charge is -2.11. The normalized spacial score (nSPS) is 10.8. The Morgan fingerprint density at radius 2 is 1.92 bits per heavy atom. The lowest BCUT2D eigenvalue weighted by atomic mass is 10.1. The summed E-state index contributed by atoms with van der Waals surface area (Å²) in [6.45, 7) is 5.30. The van der Waals surface area contributed by atoms with Crippen LogP contribution >= 0.6 is 0 Å². The van der Waals surface area contributed by atoms with Crippen LogP contribution in [0.15, 0.2) is 48.5 Å². The number of imidazole rings is 1. The molecule has 130 valence electrons. The van der Waals surface area contributed by atoms with Crippen LogP contribution in [0.25, 0.3) is 11.0 Å². The number of hydrogen-bond donors (Lipinski definition) is 1. The first-order valence-corrected chi connectivity index (χ1v) is 8.58. The number of nitrogens with zero attached hydrogens (tertiary/aromatic N) is 2. The van der Waals surface area contributed by atoms with Gasteiger partial charge in [0.25, 0.3) is 5.91 Å². The average molecular weight is 337 g/mol. The molecule has 0 radical (unpaired) electrons. The highest BCUT2D eigenvalue weighted by atomic mass is 16.5. The standard InChI is InChI=1S/C20H23N3O2/c1-3-16-8-4-7-11-19(16)25-14-20(24)21-12-13-23-15(2)22-17-9-5-6-10-18(17)23/h4-11H,3,12-14H2,1-2H3,(H,21,24). The molecule has 0 aliphatic rings. The molecule has 5 heteroatoms. The first kappa shape index (κ1) is 17.0. The third-order valence-electron chi connectivity index (χ3n) is 4.22. The number of aromatic nitrogens is 2. The second-order valence-corrected chi connectivity index (χ2v) is 5.90. The van der Waals surface area contributed by atoms with Crippen LogP contribution < -0.4 is 10.1 Å². The smallest absolute Gasteiger partial charge is 0.258 e. The van der Waals surface area contributed by atoms with Gasteiger partial charge in [-0.25, -0.2) is 4.98 Å². The Kier molecular flexibility index (Phi) is 5.33. The van der Waals surface area contributed by atoms with Crippen molar-refractivity contribution in [2.75, 3.05) is 13.2 Å². The fourth-order valence-corrected chi connectivity index (χ4v) is 2.92. The van der Waals surface area contributed by atoms with Crippen LogP contribution in [0.3, 0.4) is 0 Å². The number of carbonyl (C=O) groups is 1. The van der Waals surface area contributed by atoms with Gasteiger partial charge in [-0.05, 0) is 37.1 Å². The van der Waals surface area contributed by atoms with Crippen molar-refractivity contribution in [2.24, 2.45) is 0 Å². The summed E-state index contributed by atoms with van der Waals surface area (Å²) in [4.78, 5) is 16.6. The van der Waals surface area contributed by atoms with E-state index in [0.717, 1.165) is 34.6 Å². The van der Waals surface area contributed by atoms with E-state index in [9.17, 15) is 4.79 Å². The molecule has 0 saturated heterocycles. The van der Waals surface area contributed by atoms with Gasteiger partial charge in [0.15, 0.2) is 6.61 Å². The lowest BCUT2D eigenvalue weighted by molar-refractivity contribution is -0.123. The predicted octanol–water partition coefficient (Wildman–Crippen LogP) is 3.10. The quantitative estimate of drug-likeness (QED) is 0.721. The minimum absolute atomic E-state index is 0.0284. The van der Waals surface area contributed by atoms with E-state index < -0.39 is 0 Å². The number of carbonyl (C=O) groups excluding carboxylic acids is 1. The molecule has 0 fully saturated rings. The number of nitrogens with one attached hydrogen (secondary N) is 1. The van der Waals surface area contributed by atoms with Gasteiger partial charge < -0.3 is 14.6 Å². The van der Waals surface area contributed by atoms with Crippen molar-refractivity contribution in [3.05, 3.63) is 59.9 Å². The first-order chi connectivity index (χ1) is 12.2. The van der Waals surface area contributed by atoms with E-state index in [4.69, 9.17) is 4.74 Å². The van der Waals surface area contributed by atoms with Crippen molar-refractivity contribution in [3.8, 4) is 5.75 Å². The van der Waals surface area contributed by atoms with E-state index in [0.29, 0.717) is 13.1 Å². The summed E-state index contributed by atoms with van der Waals surface area (Å²) in [7, 11) is 0. The topological polar surface area (TPSA) is 56.1 Å². The largest absolute Gasteiger partial charge is 0.483 e. The van der Waals surface area contributed by atoms with Gasteiger partial charge in [-0.3, -0.25) is 4.79 Å². The summed E-state index contributed by atoms with van der Waals surface area (Å²) in [5.41, 5.74) is 3.17. The molecule has 1 aromatic heterocycles. The molecule has 3 aromatic rings. The minimum Gasteiger partial charge on any atom is -0.483 e. The zero-order valence-electron chi connectivity index (χ0n) is 14.7. The van der Waals surface area contributed by atoms with Gasteiger partial charge in [-0.1, -0.05) is 37.3 Å². The third kappa shape index (κ3) is 3.99. The van der Waals surface area contributed by atoms with Gasteiger partial charge in [0, 0.05) is 13.1 Å². The summed E-state index contributed by atoms with van der Waals surface area (Å²) in [6, 6.07) is 15.8. The van der Waals surface area contributed by atoms with E-state index >= 15 is 0 Å². The highest BCUT2D eigenvalue weighted by Crippen LogP contribution is 2.18. The number of aryl methyl sites for hydroxylation is 2. The van der Waals surface area contributed by atoms with Gasteiger partial charge in [-0.15, -0.1) is 0 Å². The Bertz CT molecular complexity index is 870. The molecule has 0 aliphatic carbocycles. The molecule has 0 spiro atoms. The molecule has 0 atom stereocenters. The van der Waals surface area contributed by atoms with Crippen LogP contribution in [-0.2, 0) is 17.8 Å². The Balaban J connectivity index is 1.52. The van der Waals surface area contributed by atoms with Crippen LogP contribution in [0.2, 0.25) is 0 Å². The molecule has 25 heavy (non-hydrogen) atoms. The fraction of sp³-hybridized carbons (Fsp3) is 0.300.